The van der Waals surface area contributed by atoms with Crippen molar-refractivity contribution in [3.63, 3.8) is 0 Å². The largest absolute Gasteiger partial charge is 0.534 e. The molecule has 0 aliphatic heterocycles. The molecule has 0 aromatic carbocycles. The normalized spacial score (nSPS) is 33.2. The number of esters is 1. The Morgan fingerprint density at radius 2 is 1.92 bits per heavy atom. The van der Waals surface area contributed by atoms with Gasteiger partial charge in [-0.05, 0) is 80.9 Å². The molecule has 0 saturated heterocycles. The van der Waals surface area contributed by atoms with Crippen LogP contribution in [0.5, 0.6) is 0 Å². The average molecular weight is 538 g/mol. The summed E-state index contributed by atoms with van der Waals surface area (Å²) in [7, 11) is -5.73. The molecule has 0 amide bonds. The molecule has 5 atom stereocenters. The minimum atomic E-state index is -5.73. The fraction of sp³-hybridized carbons (Fsp3) is 0.556. The second-order valence-corrected chi connectivity index (χ2v) is 12.6. The Kier molecular flexibility index (Phi) is 6.12. The van der Waals surface area contributed by atoms with Crippen molar-refractivity contribution in [1.29, 1.82) is 0 Å². The maximum absolute atomic E-state index is 13.0. The third-order valence-corrected chi connectivity index (χ3v) is 10.0. The first kappa shape index (κ1) is 26.0. The number of aromatic nitrogens is 1. The van der Waals surface area contributed by atoms with Crippen LogP contribution < -0.4 is 0 Å². The average Bonchev–Trinajstić information content (AvgIpc) is 3.14. The summed E-state index contributed by atoms with van der Waals surface area (Å²) in [4.78, 5) is 16.8. The lowest BCUT2D eigenvalue weighted by Crippen LogP contribution is -2.48. The number of pyridine rings is 1. The minimum Gasteiger partial charge on any atom is -0.458 e. The number of hydrogen-bond acceptors (Lipinski definition) is 6. The number of fused-ring (bicyclic) bond motifs is 5. The fourth-order valence-electron chi connectivity index (χ4n) is 6.88. The van der Waals surface area contributed by atoms with Crippen LogP contribution in [-0.4, -0.2) is 31.0 Å². The molecule has 1 heterocycles. The molecule has 4 aliphatic rings. The molecule has 4 aliphatic carbocycles. The van der Waals surface area contributed by atoms with Gasteiger partial charge in [-0.3, -0.25) is 4.98 Å². The Morgan fingerprint density at radius 1 is 1.16 bits per heavy atom. The lowest BCUT2D eigenvalue weighted by atomic mass is 9.49. The van der Waals surface area contributed by atoms with Crippen molar-refractivity contribution in [3.8, 4) is 0 Å². The van der Waals surface area contributed by atoms with Crippen LogP contribution >= 0.6 is 0 Å². The van der Waals surface area contributed by atoms with E-state index in [-0.39, 0.29) is 35.1 Å². The second-order valence-electron chi connectivity index (χ2n) is 11.1. The van der Waals surface area contributed by atoms with Crippen LogP contribution in [0.25, 0.3) is 0 Å². The monoisotopic (exact) mass is 537 g/mol. The highest BCUT2D eigenvalue weighted by atomic mass is 32.2. The van der Waals surface area contributed by atoms with Crippen molar-refractivity contribution in [2.24, 2.45) is 22.7 Å². The summed E-state index contributed by atoms with van der Waals surface area (Å²) in [5.74, 6) is -0.184. The Morgan fingerprint density at radius 3 is 2.62 bits per heavy atom. The number of rotatable bonds is 4. The van der Waals surface area contributed by atoms with Gasteiger partial charge in [-0.25, -0.2) is 4.79 Å². The molecule has 0 spiro atoms. The maximum atomic E-state index is 13.0. The predicted molar refractivity (Wildman–Crippen MR) is 129 cm³/mol. The van der Waals surface area contributed by atoms with E-state index in [1.54, 1.807) is 25.3 Å². The molecule has 37 heavy (non-hydrogen) atoms. The molecule has 2 saturated carbocycles. The van der Waals surface area contributed by atoms with Crippen molar-refractivity contribution in [3.05, 3.63) is 64.7 Å². The topological polar surface area (TPSA) is 82.6 Å². The van der Waals surface area contributed by atoms with Crippen LogP contribution in [0.15, 0.2) is 53.6 Å². The Hall–Kier alpha value is -2.62. The fourth-order valence-corrected chi connectivity index (χ4v) is 7.45. The quantitative estimate of drug-likeness (QED) is 0.198. The highest BCUT2D eigenvalue weighted by molar-refractivity contribution is 7.87. The van der Waals surface area contributed by atoms with E-state index in [0.29, 0.717) is 24.8 Å². The number of hydrogen-bond donors (Lipinski definition) is 0. The molecule has 0 N–H and O–H groups in total. The van der Waals surface area contributed by atoms with Crippen molar-refractivity contribution in [1.82, 2.24) is 4.98 Å². The second kappa shape index (κ2) is 8.71. The summed E-state index contributed by atoms with van der Waals surface area (Å²) >= 11 is 0. The van der Waals surface area contributed by atoms with Gasteiger partial charge in [-0.15, -0.1) is 0 Å². The van der Waals surface area contributed by atoms with Crippen LogP contribution in [-0.2, 0) is 19.0 Å². The SMILES string of the molecule is Cc1ccncc1C(=O)O[C@H]1CC[C@@]2(C)C(=CC[C@H]3C4=CC=C(OS(=O)(=O)C(F)(F)F)[C@@]4(C)CC[C@@H]32)C1. The van der Waals surface area contributed by atoms with Gasteiger partial charge >= 0.3 is 21.6 Å². The van der Waals surface area contributed by atoms with Gasteiger partial charge in [0.25, 0.3) is 0 Å². The van der Waals surface area contributed by atoms with Crippen molar-refractivity contribution >= 4 is 16.1 Å². The zero-order valence-electron chi connectivity index (χ0n) is 21.0. The summed E-state index contributed by atoms with van der Waals surface area (Å²) < 4.78 is 72.8. The van der Waals surface area contributed by atoms with Crippen LogP contribution in [0, 0.1) is 29.6 Å². The first-order chi connectivity index (χ1) is 17.3. The smallest absolute Gasteiger partial charge is 0.458 e. The number of alkyl halides is 3. The molecule has 0 bridgehead atoms. The lowest BCUT2D eigenvalue weighted by Gasteiger charge is -2.55. The Balaban J connectivity index is 1.32. The van der Waals surface area contributed by atoms with E-state index in [1.807, 2.05) is 6.92 Å². The van der Waals surface area contributed by atoms with Gasteiger partial charge in [0.1, 0.15) is 11.9 Å². The Labute approximate surface area is 214 Å². The molecule has 200 valence electrons. The van der Waals surface area contributed by atoms with Gasteiger partial charge in [-0.1, -0.05) is 30.2 Å². The van der Waals surface area contributed by atoms with E-state index in [1.165, 1.54) is 17.8 Å². The number of nitrogens with zero attached hydrogens (tertiary/aromatic N) is 1. The summed E-state index contributed by atoms with van der Waals surface area (Å²) in [5, 5.41) is 0. The summed E-state index contributed by atoms with van der Waals surface area (Å²) in [6, 6.07) is 1.77. The highest BCUT2D eigenvalue weighted by Gasteiger charge is 2.57. The highest BCUT2D eigenvalue weighted by Crippen LogP contribution is 2.64. The van der Waals surface area contributed by atoms with Crippen LogP contribution in [0.3, 0.4) is 0 Å². The standard InChI is InChI=1S/C27H30F3NO5S/c1-16-10-13-31-15-20(16)24(32)35-18-8-11-25(2)17(14-18)4-5-19-21-6-7-23(26(21,3)12-9-22(19)25)36-37(33,34)27(28,29)30/h4,6-7,10,13,15,18-19,22H,5,8-9,11-12,14H2,1-3H3/t18-,19-,22-,25-,26-/m0/s1. The van der Waals surface area contributed by atoms with Crippen LogP contribution in [0.1, 0.15) is 68.3 Å². The van der Waals surface area contributed by atoms with Gasteiger partial charge in [0.2, 0.25) is 0 Å². The van der Waals surface area contributed by atoms with Gasteiger partial charge in [0.15, 0.2) is 0 Å². The van der Waals surface area contributed by atoms with Gasteiger partial charge < -0.3 is 8.92 Å². The maximum Gasteiger partial charge on any atom is 0.534 e. The lowest BCUT2D eigenvalue weighted by molar-refractivity contribution is -0.0535. The first-order valence-corrected chi connectivity index (χ1v) is 13.9. The zero-order chi connectivity index (χ0) is 26.8. The summed E-state index contributed by atoms with van der Waals surface area (Å²) in [5.41, 5.74) is -3.00. The molecule has 1 aromatic rings. The van der Waals surface area contributed by atoms with E-state index < -0.39 is 21.0 Å². The van der Waals surface area contributed by atoms with E-state index in [4.69, 9.17) is 4.74 Å². The third kappa shape index (κ3) is 4.21. The third-order valence-electron chi connectivity index (χ3n) is 9.05. The first-order valence-electron chi connectivity index (χ1n) is 12.5. The molecule has 10 heteroatoms. The number of halogens is 3. The molecule has 2 fully saturated rings. The number of allylic oxidation sites excluding steroid dienone is 4. The van der Waals surface area contributed by atoms with Crippen molar-refractivity contribution in [2.45, 2.75) is 70.9 Å². The molecular formula is C27H30F3NO5S. The predicted octanol–water partition coefficient (Wildman–Crippen LogP) is 6.16. The molecular weight excluding hydrogens is 507 g/mol. The molecule has 0 unspecified atom stereocenters. The number of aryl methyl sites for hydroxylation is 1. The van der Waals surface area contributed by atoms with Crippen molar-refractivity contribution in [2.75, 3.05) is 0 Å². The number of ether oxygens (including phenoxy) is 1. The van der Waals surface area contributed by atoms with E-state index >= 15 is 0 Å². The molecule has 6 nitrogen and oxygen atoms in total. The summed E-state index contributed by atoms with van der Waals surface area (Å²) in [6.07, 6.45) is 12.4. The zero-order valence-corrected chi connectivity index (χ0v) is 21.8. The van der Waals surface area contributed by atoms with Crippen LogP contribution in [0.4, 0.5) is 13.2 Å². The number of carbonyl (C=O) groups excluding carboxylic acids is 1. The molecule has 5 rings (SSSR count). The van der Waals surface area contributed by atoms with E-state index in [0.717, 1.165) is 30.4 Å². The van der Waals surface area contributed by atoms with Gasteiger partial charge in [0.05, 0.1) is 5.56 Å². The van der Waals surface area contributed by atoms with E-state index in [2.05, 4.69) is 22.2 Å². The van der Waals surface area contributed by atoms with Gasteiger partial charge in [0, 0.05) is 24.2 Å². The summed E-state index contributed by atoms with van der Waals surface area (Å²) in [6.45, 7) is 5.85. The molecule has 1 aromatic heterocycles. The van der Waals surface area contributed by atoms with Gasteiger partial charge in [-0.2, -0.15) is 21.6 Å². The van der Waals surface area contributed by atoms with Crippen molar-refractivity contribution < 1.29 is 35.3 Å². The van der Waals surface area contributed by atoms with Crippen LogP contribution in [0.2, 0.25) is 0 Å². The molecule has 0 radical (unpaired) electrons. The Bertz CT molecular complexity index is 1330. The van der Waals surface area contributed by atoms with E-state index in [9.17, 15) is 26.4 Å². The minimum absolute atomic E-state index is 0.0792. The number of carbonyl (C=O) groups is 1.